The second-order valence-electron chi connectivity index (χ2n) is 9.46. The largest absolute Gasteiger partial charge is 0.465 e. The summed E-state index contributed by atoms with van der Waals surface area (Å²) in [5.74, 6) is -1.02. The zero-order valence-corrected chi connectivity index (χ0v) is 25.0. The van der Waals surface area contributed by atoms with Crippen molar-refractivity contribution < 1.29 is 29.0 Å². The highest BCUT2D eigenvalue weighted by atomic mass is 35.5. The minimum Gasteiger partial charge on any atom is -0.465 e. The minimum absolute atomic E-state index is 0. The van der Waals surface area contributed by atoms with Crippen LogP contribution in [0.15, 0.2) is 54.6 Å². The number of rotatable bonds is 16. The van der Waals surface area contributed by atoms with E-state index in [1.165, 1.54) is 0 Å². The van der Waals surface area contributed by atoms with Crippen molar-refractivity contribution in [2.75, 3.05) is 26.3 Å². The number of amides is 3. The Balaban J connectivity index is 0.00000840. The second kappa shape index (κ2) is 18.3. The molecule has 0 spiro atoms. The average molecular weight is 594 g/mol. The molecule has 0 bridgehead atoms. The summed E-state index contributed by atoms with van der Waals surface area (Å²) in [5, 5.41) is 13.3. The van der Waals surface area contributed by atoms with Crippen LogP contribution in [0.5, 0.6) is 0 Å². The third-order valence-electron chi connectivity index (χ3n) is 6.27. The highest BCUT2D eigenvalue weighted by molar-refractivity contribution is 6.30. The maximum Gasteiger partial charge on any atom is 0.408 e. The number of carboxylic acid groups (broad SMARTS) is 1. The Morgan fingerprint density at radius 1 is 0.951 bits per heavy atom. The number of hydrogen-bond acceptors (Lipinski definition) is 7. The molecule has 0 aliphatic rings. The molecule has 3 amide bonds. The zero-order valence-electron chi connectivity index (χ0n) is 24.3. The average Bonchev–Trinajstić information content (AvgIpc) is 2.92. The number of nitrogens with one attached hydrogen (secondary N) is 1. The molecule has 2 aromatic rings. The van der Waals surface area contributed by atoms with E-state index in [2.05, 4.69) is 5.32 Å². The number of carbonyl (C=O) groups excluding carboxylic acids is 2. The Bertz CT molecular complexity index is 1070. The van der Waals surface area contributed by atoms with Gasteiger partial charge in [-0.2, -0.15) is 0 Å². The Morgan fingerprint density at radius 2 is 1.54 bits per heavy atom. The predicted octanol–water partition coefficient (Wildman–Crippen LogP) is 3.67. The van der Waals surface area contributed by atoms with Crippen LogP contribution in [0, 0.1) is 0 Å². The molecule has 0 aliphatic heterocycles. The van der Waals surface area contributed by atoms with E-state index in [-0.39, 0.29) is 44.2 Å². The van der Waals surface area contributed by atoms with Gasteiger partial charge < -0.3 is 36.7 Å². The first-order valence-corrected chi connectivity index (χ1v) is 13.8. The quantitative estimate of drug-likeness (QED) is 0.214. The fourth-order valence-corrected chi connectivity index (χ4v) is 4.36. The summed E-state index contributed by atoms with van der Waals surface area (Å²) < 4.78 is 11.3. The van der Waals surface area contributed by atoms with Gasteiger partial charge in [-0.25, -0.2) is 4.79 Å². The lowest BCUT2D eigenvalue weighted by molar-refractivity contribution is -0.163. The molecule has 2 aromatic carbocycles. The van der Waals surface area contributed by atoms with Gasteiger partial charge in [0.2, 0.25) is 11.8 Å². The summed E-state index contributed by atoms with van der Waals surface area (Å²) in [6.07, 6.45) is -1.78. The minimum atomic E-state index is -1.30. The molecule has 41 heavy (non-hydrogen) atoms. The van der Waals surface area contributed by atoms with Crippen LogP contribution in [0.1, 0.15) is 38.8 Å². The number of nitrogens with two attached hydrogens (primary N) is 1. The van der Waals surface area contributed by atoms with Crippen molar-refractivity contribution in [3.63, 3.8) is 0 Å². The first-order chi connectivity index (χ1) is 19.1. The van der Waals surface area contributed by atoms with Gasteiger partial charge in [0.25, 0.3) is 0 Å². The number of carbonyl (C=O) groups is 3. The molecule has 0 radical (unpaired) electrons. The van der Waals surface area contributed by atoms with Gasteiger partial charge in [0.1, 0.15) is 12.1 Å². The molecule has 2 atom stereocenters. The summed E-state index contributed by atoms with van der Waals surface area (Å²) in [4.78, 5) is 42.2. The molecule has 0 heterocycles. The monoisotopic (exact) mass is 593 g/mol. The number of nitrogens with zero attached hydrogens (tertiary/aromatic N) is 2. The summed E-state index contributed by atoms with van der Waals surface area (Å²) in [5.41, 5.74) is 7.39. The summed E-state index contributed by atoms with van der Waals surface area (Å²) >= 11 is 6.05. The molecular formula is C29H44ClN5O6. The number of ether oxygens (including phenoxy) is 2. The third-order valence-corrected chi connectivity index (χ3v) is 6.52. The maximum atomic E-state index is 14.0. The summed E-state index contributed by atoms with van der Waals surface area (Å²) in [6.45, 7) is 8.07. The van der Waals surface area contributed by atoms with Crippen LogP contribution in [0.25, 0.3) is 0 Å². The fourth-order valence-electron chi connectivity index (χ4n) is 4.23. The lowest BCUT2D eigenvalue weighted by atomic mass is 10.0. The van der Waals surface area contributed by atoms with Gasteiger partial charge in [0, 0.05) is 43.8 Å². The van der Waals surface area contributed by atoms with Gasteiger partial charge in [-0.1, -0.05) is 54.1 Å². The van der Waals surface area contributed by atoms with Gasteiger partial charge >= 0.3 is 6.09 Å². The van der Waals surface area contributed by atoms with E-state index in [0.717, 1.165) is 10.5 Å². The Labute approximate surface area is 247 Å². The Morgan fingerprint density at radius 3 is 2.02 bits per heavy atom. The lowest BCUT2D eigenvalue weighted by Gasteiger charge is -2.35. The number of halogens is 1. The van der Waals surface area contributed by atoms with Crippen molar-refractivity contribution in [1.82, 2.24) is 21.3 Å². The standard InChI is InChI=1S/C29H41ClN4O6.H3N/c1-5-39-26(40-6-2)19-33(20(3)4)28(36)24(16-21-12-14-23(30)15-13-21)32-27(35)25(17-31)34(29(37)38)18-22-10-8-7-9-11-22;/h7-15,20,24-26H,5-6,16-19,31H2,1-4H3,(H,32,35)(H,37,38);1H3. The number of hydrogen-bond donors (Lipinski definition) is 4. The van der Waals surface area contributed by atoms with E-state index < -0.39 is 30.4 Å². The topological polar surface area (TPSA) is 169 Å². The van der Waals surface area contributed by atoms with E-state index in [1.807, 2.05) is 33.8 Å². The molecule has 0 fully saturated rings. The van der Waals surface area contributed by atoms with E-state index in [4.69, 9.17) is 26.8 Å². The van der Waals surface area contributed by atoms with Gasteiger partial charge in [-0.05, 0) is 51.0 Å². The van der Waals surface area contributed by atoms with Crippen LogP contribution in [-0.4, -0.2) is 83.5 Å². The fraction of sp³-hybridized carbons (Fsp3) is 0.483. The summed E-state index contributed by atoms with van der Waals surface area (Å²) in [6, 6.07) is 13.4. The van der Waals surface area contributed by atoms with Crippen LogP contribution in [-0.2, 0) is 32.0 Å². The Kier molecular flexibility index (Phi) is 15.9. The molecule has 11 nitrogen and oxygen atoms in total. The van der Waals surface area contributed by atoms with Crippen LogP contribution in [0.2, 0.25) is 5.02 Å². The van der Waals surface area contributed by atoms with Gasteiger partial charge in [0.15, 0.2) is 6.29 Å². The normalized spacial score (nSPS) is 12.4. The smallest absolute Gasteiger partial charge is 0.408 e. The highest BCUT2D eigenvalue weighted by Crippen LogP contribution is 2.16. The van der Waals surface area contributed by atoms with E-state index >= 15 is 0 Å². The van der Waals surface area contributed by atoms with Crippen molar-refractivity contribution in [3.05, 3.63) is 70.7 Å². The third kappa shape index (κ3) is 11.3. The predicted molar refractivity (Wildman–Crippen MR) is 159 cm³/mol. The second-order valence-corrected chi connectivity index (χ2v) is 9.90. The molecule has 0 saturated carbocycles. The van der Waals surface area contributed by atoms with Crippen molar-refractivity contribution in [2.24, 2.45) is 5.73 Å². The van der Waals surface area contributed by atoms with Crippen molar-refractivity contribution >= 4 is 29.5 Å². The van der Waals surface area contributed by atoms with Crippen LogP contribution < -0.4 is 17.2 Å². The van der Waals surface area contributed by atoms with E-state index in [0.29, 0.717) is 23.8 Å². The molecule has 0 saturated heterocycles. The van der Waals surface area contributed by atoms with Crippen molar-refractivity contribution in [2.45, 2.75) is 65.1 Å². The van der Waals surface area contributed by atoms with Gasteiger partial charge in [-0.3, -0.25) is 14.5 Å². The maximum absolute atomic E-state index is 14.0. The molecular weight excluding hydrogens is 550 g/mol. The van der Waals surface area contributed by atoms with Crippen LogP contribution in [0.4, 0.5) is 4.79 Å². The first-order valence-electron chi connectivity index (χ1n) is 13.4. The van der Waals surface area contributed by atoms with Crippen LogP contribution >= 0.6 is 11.6 Å². The van der Waals surface area contributed by atoms with Crippen molar-refractivity contribution in [3.8, 4) is 0 Å². The van der Waals surface area contributed by atoms with Crippen LogP contribution in [0.3, 0.4) is 0 Å². The van der Waals surface area contributed by atoms with E-state index in [1.54, 1.807) is 53.4 Å². The highest BCUT2D eigenvalue weighted by Gasteiger charge is 2.34. The molecule has 2 unspecified atom stereocenters. The molecule has 12 heteroatoms. The first kappa shape index (κ1) is 35.8. The zero-order chi connectivity index (χ0) is 29.7. The SMILES string of the molecule is CCOC(CN(C(=O)C(Cc1ccc(Cl)cc1)NC(=O)C(CN)N(Cc1ccccc1)C(=O)O)C(C)C)OCC.N. The lowest BCUT2D eigenvalue weighted by Crippen LogP contribution is -2.59. The van der Waals surface area contributed by atoms with Gasteiger partial charge in [-0.15, -0.1) is 0 Å². The molecule has 0 aromatic heterocycles. The molecule has 2 rings (SSSR count). The van der Waals surface area contributed by atoms with Crippen molar-refractivity contribution in [1.29, 1.82) is 0 Å². The van der Waals surface area contributed by atoms with E-state index in [9.17, 15) is 19.5 Å². The van der Waals surface area contributed by atoms with Gasteiger partial charge in [0.05, 0.1) is 6.54 Å². The Hall–Kier alpha value is -3.22. The molecule has 7 N–H and O–H groups in total. The summed E-state index contributed by atoms with van der Waals surface area (Å²) in [7, 11) is 0. The molecule has 0 aliphatic carbocycles. The number of benzene rings is 2. The molecule has 228 valence electrons.